The second kappa shape index (κ2) is 5.28. The summed E-state index contributed by atoms with van der Waals surface area (Å²) in [7, 11) is 2.11. The van der Waals surface area contributed by atoms with Gasteiger partial charge in [-0.3, -0.25) is 0 Å². The molecule has 2 aromatic rings. The minimum Gasteiger partial charge on any atom is -0.339 e. The minimum absolute atomic E-state index is 0.358. The number of quaternary nitrogens is 1. The third-order valence-electron chi connectivity index (χ3n) is 2.73. The second-order valence-corrected chi connectivity index (χ2v) is 4.60. The van der Waals surface area contributed by atoms with Gasteiger partial charge in [0, 0.05) is 15.6 Å². The average Bonchev–Trinajstić information content (AvgIpc) is 2.34. The Bertz CT molecular complexity index is 453. The molecule has 1 atom stereocenters. The topological polar surface area (TPSA) is 16.6 Å². The summed E-state index contributed by atoms with van der Waals surface area (Å²) in [5.74, 6) is 0. The van der Waals surface area contributed by atoms with E-state index in [-0.39, 0.29) is 0 Å². The van der Waals surface area contributed by atoms with Crippen molar-refractivity contribution in [2.45, 2.75) is 6.04 Å². The van der Waals surface area contributed by atoms with Gasteiger partial charge in [-0.25, -0.2) is 0 Å². The summed E-state index contributed by atoms with van der Waals surface area (Å²) < 4.78 is 1.17. The largest absolute Gasteiger partial charge is 0.339 e. The zero-order chi connectivity index (χ0) is 11.4. The van der Waals surface area contributed by atoms with Crippen LogP contribution in [0.4, 0.5) is 0 Å². The van der Waals surface area contributed by atoms with Crippen molar-refractivity contribution < 1.29 is 5.32 Å². The van der Waals surface area contributed by atoms with Crippen LogP contribution < -0.4 is 5.32 Å². The van der Waals surface area contributed by atoms with Crippen LogP contribution in [0.25, 0.3) is 0 Å². The molecule has 16 heavy (non-hydrogen) atoms. The van der Waals surface area contributed by atoms with Gasteiger partial charge in [0.15, 0.2) is 0 Å². The number of rotatable bonds is 3. The van der Waals surface area contributed by atoms with Crippen LogP contribution in [-0.4, -0.2) is 7.05 Å². The second-order valence-electron chi connectivity index (χ2n) is 3.74. The van der Waals surface area contributed by atoms with E-state index in [9.17, 15) is 0 Å². The molecule has 2 aromatic carbocycles. The molecule has 0 heterocycles. The monoisotopic (exact) mass is 276 g/mol. The van der Waals surface area contributed by atoms with Crippen molar-refractivity contribution in [3.8, 4) is 0 Å². The minimum atomic E-state index is 0.358. The lowest BCUT2D eigenvalue weighted by Gasteiger charge is -2.15. The quantitative estimate of drug-likeness (QED) is 0.888. The van der Waals surface area contributed by atoms with Gasteiger partial charge in [0.2, 0.25) is 0 Å². The van der Waals surface area contributed by atoms with Crippen molar-refractivity contribution in [1.29, 1.82) is 0 Å². The average molecular weight is 277 g/mol. The van der Waals surface area contributed by atoms with Gasteiger partial charge in [-0.2, -0.15) is 0 Å². The summed E-state index contributed by atoms with van der Waals surface area (Å²) in [5.41, 5.74) is 2.65. The Labute approximate surface area is 105 Å². The summed E-state index contributed by atoms with van der Waals surface area (Å²) in [6, 6.07) is 19.3. The zero-order valence-corrected chi connectivity index (χ0v) is 10.8. The van der Waals surface area contributed by atoms with Crippen LogP contribution in [0, 0.1) is 0 Å². The van der Waals surface area contributed by atoms with Crippen molar-refractivity contribution in [2.24, 2.45) is 0 Å². The van der Waals surface area contributed by atoms with E-state index >= 15 is 0 Å². The number of benzene rings is 2. The Balaban J connectivity index is 2.41. The number of hydrogen-bond acceptors (Lipinski definition) is 0. The lowest BCUT2D eigenvalue weighted by molar-refractivity contribution is -0.660. The molecule has 0 aliphatic heterocycles. The Hall–Kier alpha value is -1.12. The Morgan fingerprint density at radius 1 is 0.938 bits per heavy atom. The van der Waals surface area contributed by atoms with Crippen LogP contribution in [0.3, 0.4) is 0 Å². The molecule has 0 aromatic heterocycles. The van der Waals surface area contributed by atoms with Crippen molar-refractivity contribution in [3.63, 3.8) is 0 Å². The van der Waals surface area contributed by atoms with Gasteiger partial charge in [0.05, 0.1) is 7.05 Å². The molecule has 0 spiro atoms. The van der Waals surface area contributed by atoms with E-state index in [1.807, 2.05) is 6.07 Å². The fourth-order valence-electron chi connectivity index (χ4n) is 1.94. The molecule has 2 N–H and O–H groups in total. The molecular formula is C14H15BrN+. The lowest BCUT2D eigenvalue weighted by Crippen LogP contribution is -2.81. The molecular weight excluding hydrogens is 262 g/mol. The smallest absolute Gasteiger partial charge is 0.138 e. The van der Waals surface area contributed by atoms with Crippen LogP contribution in [0.1, 0.15) is 17.2 Å². The van der Waals surface area contributed by atoms with Gasteiger partial charge in [-0.05, 0) is 6.07 Å². The van der Waals surface area contributed by atoms with Crippen LogP contribution in [0.5, 0.6) is 0 Å². The molecule has 0 saturated carbocycles. The molecule has 0 amide bonds. The van der Waals surface area contributed by atoms with Gasteiger partial charge in [0.25, 0.3) is 0 Å². The number of hydrogen-bond donors (Lipinski definition) is 1. The molecule has 0 saturated heterocycles. The third kappa shape index (κ3) is 2.34. The molecule has 0 bridgehead atoms. The first-order valence-corrected chi connectivity index (χ1v) is 6.21. The Morgan fingerprint density at radius 2 is 1.56 bits per heavy atom. The zero-order valence-electron chi connectivity index (χ0n) is 9.23. The number of nitrogens with two attached hydrogens (primary N) is 1. The summed E-state index contributed by atoms with van der Waals surface area (Å²) in [4.78, 5) is 0. The summed E-state index contributed by atoms with van der Waals surface area (Å²) in [6.45, 7) is 0. The fourth-order valence-corrected chi connectivity index (χ4v) is 2.47. The molecule has 2 heteroatoms. The van der Waals surface area contributed by atoms with Crippen LogP contribution in [-0.2, 0) is 0 Å². The highest BCUT2D eigenvalue weighted by atomic mass is 79.9. The predicted octanol–water partition coefficient (Wildman–Crippen LogP) is 2.73. The summed E-state index contributed by atoms with van der Waals surface area (Å²) in [5, 5.41) is 2.23. The SMILES string of the molecule is C[NH2+][C@H](c1ccccc1)c1ccccc1Br. The van der Waals surface area contributed by atoms with Crippen molar-refractivity contribution in [3.05, 3.63) is 70.2 Å². The molecule has 82 valence electrons. The van der Waals surface area contributed by atoms with Crippen molar-refractivity contribution in [1.82, 2.24) is 0 Å². The first kappa shape index (κ1) is 11.4. The molecule has 0 fully saturated rings. The summed E-state index contributed by atoms with van der Waals surface area (Å²) in [6.07, 6.45) is 0. The van der Waals surface area contributed by atoms with E-state index < -0.39 is 0 Å². The van der Waals surface area contributed by atoms with Gasteiger partial charge in [0.1, 0.15) is 6.04 Å². The van der Waals surface area contributed by atoms with Crippen LogP contribution in [0.15, 0.2) is 59.1 Å². The van der Waals surface area contributed by atoms with Gasteiger partial charge in [-0.15, -0.1) is 0 Å². The maximum Gasteiger partial charge on any atom is 0.138 e. The van der Waals surface area contributed by atoms with E-state index in [2.05, 4.69) is 76.8 Å². The highest BCUT2D eigenvalue weighted by Crippen LogP contribution is 2.25. The van der Waals surface area contributed by atoms with Gasteiger partial charge >= 0.3 is 0 Å². The molecule has 0 aliphatic rings. The Morgan fingerprint density at radius 3 is 2.19 bits per heavy atom. The molecule has 2 rings (SSSR count). The van der Waals surface area contributed by atoms with Gasteiger partial charge < -0.3 is 5.32 Å². The fraction of sp³-hybridized carbons (Fsp3) is 0.143. The van der Waals surface area contributed by atoms with E-state index in [1.165, 1.54) is 15.6 Å². The van der Waals surface area contributed by atoms with E-state index in [0.717, 1.165) is 0 Å². The van der Waals surface area contributed by atoms with Crippen molar-refractivity contribution in [2.75, 3.05) is 7.05 Å². The normalized spacial score (nSPS) is 12.4. The molecule has 0 aliphatic carbocycles. The maximum atomic E-state index is 3.61. The Kier molecular flexibility index (Phi) is 3.75. The van der Waals surface area contributed by atoms with E-state index in [0.29, 0.717) is 6.04 Å². The standard InChI is InChI=1S/C14H14BrN/c1-16-14(11-7-3-2-4-8-11)12-9-5-6-10-13(12)15/h2-10,14,16H,1H3/p+1/t14-/m1/s1. The van der Waals surface area contributed by atoms with Crippen LogP contribution in [0.2, 0.25) is 0 Å². The molecule has 1 nitrogen and oxygen atoms in total. The third-order valence-corrected chi connectivity index (χ3v) is 3.45. The summed E-state index contributed by atoms with van der Waals surface area (Å²) >= 11 is 3.61. The van der Waals surface area contributed by atoms with Gasteiger partial charge in [-0.1, -0.05) is 64.5 Å². The first-order chi connectivity index (χ1) is 7.83. The maximum absolute atomic E-state index is 3.61. The highest BCUT2D eigenvalue weighted by Gasteiger charge is 2.17. The first-order valence-electron chi connectivity index (χ1n) is 5.42. The highest BCUT2D eigenvalue weighted by molar-refractivity contribution is 9.10. The van der Waals surface area contributed by atoms with E-state index in [1.54, 1.807) is 0 Å². The number of halogens is 1. The van der Waals surface area contributed by atoms with E-state index in [4.69, 9.17) is 0 Å². The molecule has 0 unspecified atom stereocenters. The van der Waals surface area contributed by atoms with Crippen molar-refractivity contribution >= 4 is 15.9 Å². The van der Waals surface area contributed by atoms with Crippen LogP contribution >= 0.6 is 15.9 Å². The molecule has 0 radical (unpaired) electrons. The lowest BCUT2D eigenvalue weighted by atomic mass is 9.99. The predicted molar refractivity (Wildman–Crippen MR) is 70.3 cm³/mol.